The van der Waals surface area contributed by atoms with Crippen LogP contribution in [-0.4, -0.2) is 25.3 Å². The van der Waals surface area contributed by atoms with Crippen LogP contribution < -0.4 is 5.32 Å². The van der Waals surface area contributed by atoms with E-state index in [4.69, 9.17) is 5.10 Å². The number of urea groups is 1. The van der Waals surface area contributed by atoms with Crippen molar-refractivity contribution in [3.63, 3.8) is 0 Å². The highest BCUT2D eigenvalue weighted by Gasteiger charge is 2.36. The lowest BCUT2D eigenvalue weighted by Gasteiger charge is -2.31. The molecule has 0 spiro atoms. The van der Waals surface area contributed by atoms with E-state index in [1.165, 1.54) is 11.1 Å². The number of nitrogens with one attached hydrogen (secondary N) is 1. The van der Waals surface area contributed by atoms with Gasteiger partial charge in [-0.15, -0.1) is 0 Å². The maximum absolute atomic E-state index is 14.2. The van der Waals surface area contributed by atoms with Crippen molar-refractivity contribution in [2.24, 2.45) is 0 Å². The third-order valence-electron chi connectivity index (χ3n) is 7.89. The van der Waals surface area contributed by atoms with Crippen molar-refractivity contribution in [3.8, 4) is 11.5 Å². The van der Waals surface area contributed by atoms with Crippen molar-refractivity contribution in [1.29, 1.82) is 0 Å². The van der Waals surface area contributed by atoms with Crippen LogP contribution in [0, 0.1) is 20.8 Å². The van der Waals surface area contributed by atoms with Crippen LogP contribution >= 0.6 is 0 Å². The number of nitrogens with zero attached hydrogens (tertiary/aromatic N) is 4. The zero-order valence-corrected chi connectivity index (χ0v) is 23.7. The number of carbonyl (C=O) groups is 1. The van der Waals surface area contributed by atoms with Gasteiger partial charge in [-0.3, -0.25) is 0 Å². The van der Waals surface area contributed by atoms with Crippen LogP contribution in [0.1, 0.15) is 65.0 Å². The minimum atomic E-state index is -0.294. The largest absolute Gasteiger partial charge is 0.322 e. The minimum absolute atomic E-state index is 0.141. The summed E-state index contributed by atoms with van der Waals surface area (Å²) in [6.45, 7) is 10.9. The standard InChI is InChI=1S/C34H35N5O/c1-22(2)26-14-16-27(17-15-26)32-31-12-9-19-37(31)33-29(25(5)36-39(33)28-10-7-6-8-11-28)21-38(32)34(40)35-30-18-13-23(3)20-24(30)4/h6-20,22,32H,21H2,1-5H3,(H,35,40). The predicted octanol–water partition coefficient (Wildman–Crippen LogP) is 7.85. The molecule has 1 N–H and O–H groups in total. The molecule has 0 aliphatic carbocycles. The van der Waals surface area contributed by atoms with Gasteiger partial charge in [0, 0.05) is 17.4 Å². The topological polar surface area (TPSA) is 55.1 Å². The number of anilines is 1. The van der Waals surface area contributed by atoms with E-state index in [0.29, 0.717) is 12.5 Å². The number of fused-ring (bicyclic) bond motifs is 3. The second kappa shape index (κ2) is 10.2. The van der Waals surface area contributed by atoms with Gasteiger partial charge in [0.1, 0.15) is 5.82 Å². The van der Waals surface area contributed by atoms with E-state index in [9.17, 15) is 4.79 Å². The maximum Gasteiger partial charge on any atom is 0.322 e. The molecule has 202 valence electrons. The molecule has 6 heteroatoms. The highest BCUT2D eigenvalue weighted by Crippen LogP contribution is 2.39. The summed E-state index contributed by atoms with van der Waals surface area (Å²) < 4.78 is 4.20. The van der Waals surface area contributed by atoms with Crippen LogP contribution in [0.25, 0.3) is 11.5 Å². The summed E-state index contributed by atoms with van der Waals surface area (Å²) in [5.74, 6) is 1.40. The number of amides is 2. The lowest BCUT2D eigenvalue weighted by Crippen LogP contribution is -2.38. The molecule has 0 saturated carbocycles. The summed E-state index contributed by atoms with van der Waals surface area (Å²) in [4.78, 5) is 16.2. The fourth-order valence-corrected chi connectivity index (χ4v) is 5.70. The third kappa shape index (κ3) is 4.49. The fraction of sp³-hybridized carbons (Fsp3) is 0.235. The van der Waals surface area contributed by atoms with Crippen molar-refractivity contribution < 1.29 is 4.79 Å². The number of rotatable bonds is 4. The molecule has 3 heterocycles. The van der Waals surface area contributed by atoms with E-state index in [0.717, 1.165) is 45.3 Å². The van der Waals surface area contributed by atoms with Gasteiger partial charge in [-0.05, 0) is 73.7 Å². The Balaban J connectivity index is 1.52. The van der Waals surface area contributed by atoms with Crippen LogP contribution in [0.5, 0.6) is 0 Å². The van der Waals surface area contributed by atoms with Crippen LogP contribution in [0.3, 0.4) is 0 Å². The molecular formula is C34H35N5O. The molecule has 40 heavy (non-hydrogen) atoms. The van der Waals surface area contributed by atoms with Gasteiger partial charge in [-0.1, -0.05) is 74.0 Å². The number of hydrogen-bond donors (Lipinski definition) is 1. The van der Waals surface area contributed by atoms with E-state index < -0.39 is 0 Å². The Morgan fingerprint density at radius 1 is 0.925 bits per heavy atom. The van der Waals surface area contributed by atoms with Crippen LogP contribution in [0.4, 0.5) is 10.5 Å². The second-order valence-electron chi connectivity index (χ2n) is 11.0. The van der Waals surface area contributed by atoms with Crippen molar-refractivity contribution in [2.45, 2.75) is 53.1 Å². The van der Waals surface area contributed by atoms with Crippen LogP contribution in [0.2, 0.25) is 0 Å². The van der Waals surface area contributed by atoms with E-state index in [2.05, 4.69) is 91.4 Å². The lowest BCUT2D eigenvalue weighted by molar-refractivity contribution is 0.194. The Bertz CT molecular complexity index is 1680. The third-order valence-corrected chi connectivity index (χ3v) is 7.89. The van der Waals surface area contributed by atoms with E-state index in [1.54, 1.807) is 0 Å². The maximum atomic E-state index is 14.2. The molecule has 6 nitrogen and oxygen atoms in total. The molecule has 2 amide bonds. The molecule has 1 aliphatic rings. The average Bonchev–Trinajstić information content (AvgIpc) is 3.51. The van der Waals surface area contributed by atoms with Gasteiger partial charge in [0.2, 0.25) is 0 Å². The number of para-hydroxylation sites is 1. The molecular weight excluding hydrogens is 494 g/mol. The molecule has 1 atom stereocenters. The number of aryl methyl sites for hydroxylation is 3. The molecule has 2 aromatic heterocycles. The zero-order chi connectivity index (χ0) is 28.0. The van der Waals surface area contributed by atoms with Crippen molar-refractivity contribution in [3.05, 3.63) is 130 Å². The van der Waals surface area contributed by atoms with Gasteiger partial charge < -0.3 is 14.8 Å². The Morgan fingerprint density at radius 2 is 1.68 bits per heavy atom. The van der Waals surface area contributed by atoms with E-state index in [1.807, 2.05) is 53.8 Å². The first-order valence-corrected chi connectivity index (χ1v) is 13.9. The molecule has 1 aliphatic heterocycles. The normalized spacial score (nSPS) is 14.6. The van der Waals surface area contributed by atoms with Gasteiger partial charge in [-0.2, -0.15) is 5.10 Å². The Labute approximate surface area is 235 Å². The molecule has 6 rings (SSSR count). The molecule has 0 bridgehead atoms. The molecule has 5 aromatic rings. The summed E-state index contributed by atoms with van der Waals surface area (Å²) in [7, 11) is 0. The highest BCUT2D eigenvalue weighted by molar-refractivity contribution is 5.91. The first-order valence-electron chi connectivity index (χ1n) is 13.9. The summed E-state index contributed by atoms with van der Waals surface area (Å²) >= 11 is 0. The highest BCUT2D eigenvalue weighted by atomic mass is 16.2. The fourth-order valence-electron chi connectivity index (χ4n) is 5.70. The minimum Gasteiger partial charge on any atom is -0.308 e. The first kappa shape index (κ1) is 25.7. The number of carbonyl (C=O) groups excluding carboxylic acids is 1. The number of aromatic nitrogens is 3. The van der Waals surface area contributed by atoms with Crippen LogP contribution in [0.15, 0.2) is 91.1 Å². The molecule has 0 fully saturated rings. The Morgan fingerprint density at radius 3 is 2.38 bits per heavy atom. The lowest BCUT2D eigenvalue weighted by atomic mass is 9.97. The van der Waals surface area contributed by atoms with Gasteiger partial charge >= 0.3 is 6.03 Å². The van der Waals surface area contributed by atoms with Gasteiger partial charge in [0.15, 0.2) is 0 Å². The first-order chi connectivity index (χ1) is 19.3. The Kier molecular flexibility index (Phi) is 6.54. The smallest absolute Gasteiger partial charge is 0.308 e. The zero-order valence-electron chi connectivity index (χ0n) is 23.7. The predicted molar refractivity (Wildman–Crippen MR) is 160 cm³/mol. The number of hydrogen-bond acceptors (Lipinski definition) is 2. The average molecular weight is 530 g/mol. The van der Waals surface area contributed by atoms with Crippen molar-refractivity contribution >= 4 is 11.7 Å². The summed E-state index contributed by atoms with van der Waals surface area (Å²) in [5, 5.41) is 8.18. The van der Waals surface area contributed by atoms with E-state index >= 15 is 0 Å². The van der Waals surface area contributed by atoms with Crippen molar-refractivity contribution in [1.82, 2.24) is 19.2 Å². The monoisotopic (exact) mass is 529 g/mol. The van der Waals surface area contributed by atoms with Gasteiger partial charge in [0.05, 0.1) is 29.7 Å². The van der Waals surface area contributed by atoms with Gasteiger partial charge in [-0.25, -0.2) is 9.48 Å². The van der Waals surface area contributed by atoms with Crippen LogP contribution in [-0.2, 0) is 6.54 Å². The molecule has 0 saturated heterocycles. The summed E-state index contributed by atoms with van der Waals surface area (Å²) in [6, 6.07) is 28.7. The second-order valence-corrected chi connectivity index (χ2v) is 11.0. The number of benzene rings is 3. The SMILES string of the molecule is Cc1ccc(NC(=O)N2Cc3c(C)nn(-c4ccccc4)c3-n3cccc3C2c2ccc(C(C)C)cc2)c(C)c1. The summed E-state index contributed by atoms with van der Waals surface area (Å²) in [5.41, 5.74) is 9.30. The van der Waals surface area contributed by atoms with Gasteiger partial charge in [0.25, 0.3) is 0 Å². The summed E-state index contributed by atoms with van der Waals surface area (Å²) in [6.07, 6.45) is 2.08. The van der Waals surface area contributed by atoms with Crippen molar-refractivity contribution in [2.75, 3.05) is 5.32 Å². The molecule has 3 aromatic carbocycles. The Hall–Kier alpha value is -4.58. The van der Waals surface area contributed by atoms with E-state index in [-0.39, 0.29) is 12.1 Å². The molecule has 1 unspecified atom stereocenters. The quantitative estimate of drug-likeness (QED) is 0.258. The molecule has 0 radical (unpaired) electrons.